The van der Waals surface area contributed by atoms with Crippen LogP contribution >= 0.6 is 23.2 Å². The fourth-order valence-electron chi connectivity index (χ4n) is 3.22. The molecule has 2 aromatic carbocycles. The highest BCUT2D eigenvalue weighted by molar-refractivity contribution is 7.90. The number of imide groups is 1. The summed E-state index contributed by atoms with van der Waals surface area (Å²) in [4.78, 5) is 49.6. The molecular weight excluding hydrogens is 499 g/mol. The number of halogens is 2. The van der Waals surface area contributed by atoms with Gasteiger partial charge in [0, 0.05) is 18.4 Å². The molecule has 10 nitrogen and oxygen atoms in total. The van der Waals surface area contributed by atoms with Crippen molar-refractivity contribution >= 4 is 56.5 Å². The first-order valence-electron chi connectivity index (χ1n) is 9.33. The zero-order valence-electron chi connectivity index (χ0n) is 17.0. The van der Waals surface area contributed by atoms with E-state index in [1.807, 2.05) is 0 Å². The number of ether oxygens (including phenoxy) is 1. The molecule has 0 N–H and O–H groups in total. The van der Waals surface area contributed by atoms with Gasteiger partial charge in [-0.25, -0.2) is 13.2 Å². The summed E-state index contributed by atoms with van der Waals surface area (Å²) in [5.74, 6) is -3.24. The Labute approximate surface area is 198 Å². The van der Waals surface area contributed by atoms with E-state index in [0.717, 1.165) is 6.26 Å². The maximum atomic E-state index is 12.9. The van der Waals surface area contributed by atoms with Crippen molar-refractivity contribution in [2.24, 2.45) is 0 Å². The largest absolute Gasteiger partial charge is 0.459 e. The number of nitro benzene ring substituents is 1. The Morgan fingerprint density at radius 2 is 1.70 bits per heavy atom. The first-order chi connectivity index (χ1) is 15.4. The lowest BCUT2D eigenvalue weighted by Crippen LogP contribution is -2.46. The molecule has 0 radical (unpaired) electrons. The van der Waals surface area contributed by atoms with Gasteiger partial charge >= 0.3 is 5.97 Å². The molecule has 1 aliphatic rings. The molecule has 0 fully saturated rings. The molecule has 1 heterocycles. The topological polar surface area (TPSA) is 141 Å². The van der Waals surface area contributed by atoms with Crippen molar-refractivity contribution in [3.8, 4) is 0 Å². The summed E-state index contributed by atoms with van der Waals surface area (Å²) in [7, 11) is -3.55. The van der Waals surface area contributed by atoms with E-state index in [-0.39, 0.29) is 26.9 Å². The van der Waals surface area contributed by atoms with E-state index in [4.69, 9.17) is 27.9 Å². The van der Waals surface area contributed by atoms with E-state index in [0.29, 0.717) is 10.5 Å². The molecule has 0 bridgehead atoms. The molecule has 0 aromatic heterocycles. The second kappa shape index (κ2) is 9.46. The standard InChI is InChI=1S/C20H16Cl2N2O8S/c1-33(30,31)6-5-17(20(27)32-10-11-3-2-4-12(7-11)24(28)29)23-18(25)13-8-15(21)16(22)9-14(13)19(23)26/h2-4,7-9,17H,5-6,10H2,1H3/t17-/m1/s1. The monoisotopic (exact) mass is 514 g/mol. The van der Waals surface area contributed by atoms with E-state index in [1.165, 1.54) is 36.4 Å². The average Bonchev–Trinajstić information content (AvgIpc) is 2.96. The summed E-state index contributed by atoms with van der Waals surface area (Å²) in [6, 6.07) is 6.18. The molecule has 174 valence electrons. The van der Waals surface area contributed by atoms with Gasteiger partial charge in [-0.1, -0.05) is 35.3 Å². The predicted molar refractivity (Wildman–Crippen MR) is 118 cm³/mol. The number of esters is 1. The number of rotatable bonds is 8. The smallest absolute Gasteiger partial charge is 0.329 e. The molecule has 2 amide bonds. The van der Waals surface area contributed by atoms with Crippen LogP contribution in [0.25, 0.3) is 0 Å². The number of sulfone groups is 1. The summed E-state index contributed by atoms with van der Waals surface area (Å²) in [6.07, 6.45) is 0.542. The van der Waals surface area contributed by atoms with E-state index in [1.54, 1.807) is 0 Å². The van der Waals surface area contributed by atoms with Gasteiger partial charge in [-0.2, -0.15) is 0 Å². The summed E-state index contributed by atoms with van der Waals surface area (Å²) >= 11 is 11.9. The molecule has 1 atom stereocenters. The second-order valence-electron chi connectivity index (χ2n) is 7.26. The maximum Gasteiger partial charge on any atom is 0.329 e. The minimum Gasteiger partial charge on any atom is -0.459 e. The number of carbonyl (C=O) groups is 3. The number of hydrogen-bond donors (Lipinski definition) is 0. The first-order valence-corrected chi connectivity index (χ1v) is 12.2. The third-order valence-electron chi connectivity index (χ3n) is 4.81. The van der Waals surface area contributed by atoms with E-state index < -0.39 is 57.4 Å². The maximum absolute atomic E-state index is 12.9. The first kappa shape index (κ1) is 24.6. The molecule has 0 saturated heterocycles. The fourth-order valence-corrected chi connectivity index (χ4v) is 4.20. The van der Waals surface area contributed by atoms with Crippen molar-refractivity contribution in [3.05, 3.63) is 73.2 Å². The second-order valence-corrected chi connectivity index (χ2v) is 10.3. The molecule has 33 heavy (non-hydrogen) atoms. The SMILES string of the molecule is CS(=O)(=O)CC[C@H](C(=O)OCc1cccc([N+](=O)[O-])c1)N1C(=O)c2cc(Cl)c(Cl)cc2C1=O. The van der Waals surface area contributed by atoms with Crippen molar-refractivity contribution in [2.45, 2.75) is 19.1 Å². The zero-order chi connectivity index (χ0) is 24.5. The van der Waals surface area contributed by atoms with Crippen LogP contribution in [0.4, 0.5) is 5.69 Å². The Kier molecular flexibility index (Phi) is 7.06. The van der Waals surface area contributed by atoms with Gasteiger partial charge in [-0.3, -0.25) is 24.6 Å². The number of fused-ring (bicyclic) bond motifs is 1. The summed E-state index contributed by atoms with van der Waals surface area (Å²) < 4.78 is 28.6. The highest BCUT2D eigenvalue weighted by Crippen LogP contribution is 2.33. The highest BCUT2D eigenvalue weighted by Gasteiger charge is 2.44. The van der Waals surface area contributed by atoms with Gasteiger partial charge in [0.05, 0.1) is 31.8 Å². The third-order valence-corrected chi connectivity index (χ3v) is 6.51. The summed E-state index contributed by atoms with van der Waals surface area (Å²) in [5, 5.41) is 11.0. The molecule has 0 aliphatic carbocycles. The minimum absolute atomic E-state index is 0.0272. The Balaban J connectivity index is 1.88. The zero-order valence-corrected chi connectivity index (χ0v) is 19.3. The van der Waals surface area contributed by atoms with Gasteiger partial charge < -0.3 is 4.74 Å². The van der Waals surface area contributed by atoms with Crippen LogP contribution in [-0.2, 0) is 26.0 Å². The number of non-ortho nitro benzene ring substituents is 1. The lowest BCUT2D eigenvalue weighted by atomic mass is 10.1. The van der Waals surface area contributed by atoms with Crippen molar-refractivity contribution in [1.29, 1.82) is 0 Å². The molecular formula is C20H16Cl2N2O8S. The highest BCUT2D eigenvalue weighted by atomic mass is 35.5. The van der Waals surface area contributed by atoms with Gasteiger partial charge in [0.2, 0.25) is 0 Å². The minimum atomic E-state index is -3.55. The van der Waals surface area contributed by atoms with E-state index in [9.17, 15) is 32.9 Å². The lowest BCUT2D eigenvalue weighted by Gasteiger charge is -2.24. The molecule has 0 unspecified atom stereocenters. The number of nitro groups is 1. The molecule has 13 heteroatoms. The van der Waals surface area contributed by atoms with Crippen LogP contribution in [0.1, 0.15) is 32.7 Å². The van der Waals surface area contributed by atoms with Gasteiger partial charge in [-0.15, -0.1) is 0 Å². The van der Waals surface area contributed by atoms with Crippen LogP contribution in [-0.4, -0.2) is 54.1 Å². The fraction of sp³-hybridized carbons (Fsp3) is 0.250. The molecule has 3 rings (SSSR count). The molecule has 0 spiro atoms. The van der Waals surface area contributed by atoms with Gasteiger partial charge in [0.15, 0.2) is 0 Å². The van der Waals surface area contributed by atoms with Crippen molar-refractivity contribution < 1.29 is 32.5 Å². The van der Waals surface area contributed by atoms with Crippen LogP contribution < -0.4 is 0 Å². The number of carbonyl (C=O) groups excluding carboxylic acids is 3. The number of benzene rings is 2. The van der Waals surface area contributed by atoms with Crippen LogP contribution in [0.5, 0.6) is 0 Å². The Hall–Kier alpha value is -3.02. The predicted octanol–water partition coefficient (Wildman–Crippen LogP) is 3.04. The van der Waals surface area contributed by atoms with Crippen LogP contribution in [0, 0.1) is 10.1 Å². The van der Waals surface area contributed by atoms with Crippen molar-refractivity contribution in [2.75, 3.05) is 12.0 Å². The van der Waals surface area contributed by atoms with E-state index in [2.05, 4.69) is 0 Å². The van der Waals surface area contributed by atoms with E-state index >= 15 is 0 Å². The van der Waals surface area contributed by atoms with Gasteiger partial charge in [-0.05, 0) is 24.1 Å². The Morgan fingerprint density at radius 3 is 2.21 bits per heavy atom. The van der Waals surface area contributed by atoms with Gasteiger partial charge in [0.1, 0.15) is 22.5 Å². The molecule has 1 aliphatic heterocycles. The summed E-state index contributed by atoms with van der Waals surface area (Å²) in [6.45, 7) is -0.392. The normalized spacial score (nSPS) is 14.2. The Bertz CT molecular complexity index is 1240. The third kappa shape index (κ3) is 5.49. The van der Waals surface area contributed by atoms with Crippen molar-refractivity contribution in [1.82, 2.24) is 4.90 Å². The van der Waals surface area contributed by atoms with Crippen LogP contribution in [0.3, 0.4) is 0 Å². The number of amides is 2. The van der Waals surface area contributed by atoms with Gasteiger partial charge in [0.25, 0.3) is 17.5 Å². The quantitative estimate of drug-likeness (QED) is 0.226. The number of hydrogen-bond acceptors (Lipinski definition) is 8. The lowest BCUT2D eigenvalue weighted by molar-refractivity contribution is -0.384. The molecule has 2 aromatic rings. The molecule has 0 saturated carbocycles. The van der Waals surface area contributed by atoms with Crippen molar-refractivity contribution in [3.63, 3.8) is 0 Å². The number of nitrogens with zero attached hydrogens (tertiary/aromatic N) is 2. The van der Waals surface area contributed by atoms with Crippen LogP contribution in [0.15, 0.2) is 36.4 Å². The average molecular weight is 515 g/mol. The Morgan fingerprint density at radius 1 is 1.12 bits per heavy atom. The summed E-state index contributed by atoms with van der Waals surface area (Å²) in [5.41, 5.74) is -0.0814. The van der Waals surface area contributed by atoms with Crippen LogP contribution in [0.2, 0.25) is 10.0 Å².